The van der Waals surface area contributed by atoms with Crippen LogP contribution in [0.4, 0.5) is 5.69 Å². The zero-order valence-corrected chi connectivity index (χ0v) is 29.6. The monoisotopic (exact) mass is 695 g/mol. The van der Waals surface area contributed by atoms with Crippen LogP contribution in [0, 0.1) is 17.8 Å². The van der Waals surface area contributed by atoms with E-state index in [1.807, 2.05) is 30.4 Å². The minimum absolute atomic E-state index is 0.0928. The van der Waals surface area contributed by atoms with E-state index in [4.69, 9.17) is 25.8 Å². The fourth-order valence-corrected chi connectivity index (χ4v) is 9.84. The van der Waals surface area contributed by atoms with E-state index in [-0.39, 0.29) is 34.8 Å². The highest BCUT2D eigenvalue weighted by molar-refractivity contribution is 7.92. The standard InChI is InChI=1S/C37H46ClN3O6S/c1-36(2)35(43)40-48(44,39-34(42)24-7-4-8-24)28-13-16-33-31(20-28)41(21-26-11-14-29(26)32(45-3)10-6-18-47-36)22-37(23-46-33)17-5-9-25-19-27(38)12-15-30(25)37/h6,10,12-13,15-16,19-20,24,26,29,32H,4-5,7-9,11,14,17-18,21-23H2,1-3H3,(H,39,40,42,43,44)/t26-,29+,32-,37-,48-/m0/s1. The Kier molecular flexibility index (Phi) is 9.15. The van der Waals surface area contributed by atoms with Crippen LogP contribution in [0.5, 0.6) is 5.75 Å². The van der Waals surface area contributed by atoms with E-state index >= 15 is 0 Å². The van der Waals surface area contributed by atoms with Crippen LogP contribution >= 0.6 is 11.6 Å². The van der Waals surface area contributed by atoms with Crippen LogP contribution in [0.15, 0.2) is 57.8 Å². The van der Waals surface area contributed by atoms with Gasteiger partial charge in [0.25, 0.3) is 5.91 Å². The largest absolute Gasteiger partial charge is 0.490 e. The number of ether oxygens (including phenoxy) is 3. The third kappa shape index (κ3) is 6.30. The molecule has 2 aromatic carbocycles. The lowest BCUT2D eigenvalue weighted by Gasteiger charge is -2.46. The lowest BCUT2D eigenvalue weighted by molar-refractivity contribution is -0.137. The van der Waals surface area contributed by atoms with E-state index in [0.29, 0.717) is 30.7 Å². The Hall–Kier alpha value is -2.92. The summed E-state index contributed by atoms with van der Waals surface area (Å²) in [4.78, 5) is 29.6. The van der Waals surface area contributed by atoms with Crippen molar-refractivity contribution in [3.8, 4) is 5.75 Å². The lowest BCUT2D eigenvalue weighted by Crippen LogP contribution is -2.49. The number of fused-ring (bicyclic) bond motifs is 4. The van der Waals surface area contributed by atoms with Crippen molar-refractivity contribution in [2.75, 3.05) is 38.3 Å². The first-order valence-electron chi connectivity index (χ1n) is 17.3. The molecular formula is C37H46ClN3O6S. The summed E-state index contributed by atoms with van der Waals surface area (Å²) >= 11 is 6.46. The molecule has 2 aromatic rings. The average molecular weight is 696 g/mol. The molecule has 2 amide bonds. The maximum absolute atomic E-state index is 14.9. The van der Waals surface area contributed by atoms with Gasteiger partial charge in [-0.15, -0.1) is 4.36 Å². The van der Waals surface area contributed by atoms with Crippen molar-refractivity contribution in [1.29, 1.82) is 0 Å². The molecule has 48 heavy (non-hydrogen) atoms. The van der Waals surface area contributed by atoms with Crippen molar-refractivity contribution in [1.82, 2.24) is 4.72 Å². The van der Waals surface area contributed by atoms with Gasteiger partial charge in [-0.2, -0.15) is 0 Å². The van der Waals surface area contributed by atoms with Crippen LogP contribution in [0.3, 0.4) is 0 Å². The second-order valence-electron chi connectivity index (χ2n) is 14.7. The molecule has 258 valence electrons. The predicted molar refractivity (Wildman–Crippen MR) is 186 cm³/mol. The first-order chi connectivity index (χ1) is 23.0. The van der Waals surface area contributed by atoms with Crippen LogP contribution in [0.2, 0.25) is 5.02 Å². The molecular weight excluding hydrogens is 650 g/mol. The Labute approximate surface area is 289 Å². The summed E-state index contributed by atoms with van der Waals surface area (Å²) in [5.41, 5.74) is 1.65. The van der Waals surface area contributed by atoms with E-state index in [0.717, 1.165) is 68.6 Å². The molecule has 0 radical (unpaired) electrons. The molecule has 1 spiro atoms. The highest BCUT2D eigenvalue weighted by Crippen LogP contribution is 2.47. The second-order valence-corrected chi connectivity index (χ2v) is 17.0. The quantitative estimate of drug-likeness (QED) is 0.370. The van der Waals surface area contributed by atoms with Crippen LogP contribution in [-0.2, 0) is 40.8 Å². The topological polar surface area (TPSA) is 107 Å². The zero-order valence-electron chi connectivity index (χ0n) is 28.0. The lowest BCUT2D eigenvalue weighted by atomic mass is 9.68. The number of nitrogens with one attached hydrogen (secondary N) is 1. The van der Waals surface area contributed by atoms with Crippen molar-refractivity contribution in [2.24, 2.45) is 22.1 Å². The van der Waals surface area contributed by atoms with E-state index in [9.17, 15) is 13.8 Å². The molecule has 3 aliphatic carbocycles. The fraction of sp³-hybridized carbons (Fsp3) is 0.568. The Balaban J connectivity index is 1.36. The summed E-state index contributed by atoms with van der Waals surface area (Å²) in [5.74, 6) is 0.0368. The molecule has 0 aromatic heterocycles. The number of carbonyl (C=O) groups excluding carboxylic acids is 2. The maximum atomic E-state index is 14.9. The number of methoxy groups -OCH3 is 1. The van der Waals surface area contributed by atoms with Gasteiger partial charge in [0.1, 0.15) is 11.4 Å². The van der Waals surface area contributed by atoms with E-state index in [1.54, 1.807) is 27.0 Å². The van der Waals surface area contributed by atoms with Gasteiger partial charge in [0.15, 0.2) is 9.92 Å². The third-order valence-electron chi connectivity index (χ3n) is 11.3. The predicted octanol–water partition coefficient (Wildman–Crippen LogP) is 6.40. The van der Waals surface area contributed by atoms with Crippen LogP contribution < -0.4 is 14.4 Å². The fourth-order valence-electron chi connectivity index (χ4n) is 7.96. The number of nitrogens with zero attached hydrogens (tertiary/aromatic N) is 2. The van der Waals surface area contributed by atoms with Gasteiger partial charge in [0.2, 0.25) is 5.91 Å². The zero-order chi connectivity index (χ0) is 33.7. The molecule has 11 heteroatoms. The van der Waals surface area contributed by atoms with Gasteiger partial charge in [-0.05, 0) is 112 Å². The number of benzene rings is 2. The number of aryl methyl sites for hydroxylation is 1. The number of hydrogen-bond acceptors (Lipinski definition) is 7. The van der Waals surface area contributed by atoms with Crippen molar-refractivity contribution in [3.05, 3.63) is 64.7 Å². The third-order valence-corrected chi connectivity index (χ3v) is 13.3. The summed E-state index contributed by atoms with van der Waals surface area (Å²) in [6.07, 6.45) is 11.3. The summed E-state index contributed by atoms with van der Waals surface area (Å²) in [6.45, 7) is 5.32. The van der Waals surface area contributed by atoms with Crippen LogP contribution in [-0.4, -0.2) is 61.1 Å². The average Bonchev–Trinajstić information content (AvgIpc) is 3.16. The van der Waals surface area contributed by atoms with Gasteiger partial charge in [0.05, 0.1) is 29.9 Å². The maximum Gasteiger partial charge on any atom is 0.287 e. The van der Waals surface area contributed by atoms with Crippen LogP contribution in [0.25, 0.3) is 0 Å². The van der Waals surface area contributed by atoms with E-state index in [1.165, 1.54) is 11.1 Å². The summed E-state index contributed by atoms with van der Waals surface area (Å²) in [6, 6.07) is 11.5. The molecule has 2 heterocycles. The number of rotatable bonds is 3. The van der Waals surface area contributed by atoms with Crippen molar-refractivity contribution in [2.45, 2.75) is 87.2 Å². The van der Waals surface area contributed by atoms with E-state index in [2.05, 4.69) is 26.1 Å². The smallest absolute Gasteiger partial charge is 0.287 e. The molecule has 2 fully saturated rings. The number of amides is 2. The molecule has 2 aliphatic heterocycles. The van der Waals surface area contributed by atoms with Crippen molar-refractivity contribution >= 4 is 39.0 Å². The normalized spacial score (nSPS) is 31.6. The van der Waals surface area contributed by atoms with Gasteiger partial charge in [-0.1, -0.05) is 36.2 Å². The molecule has 0 unspecified atom stereocenters. The van der Waals surface area contributed by atoms with Gasteiger partial charge < -0.3 is 19.1 Å². The van der Waals surface area contributed by atoms with Gasteiger partial charge in [-0.25, -0.2) is 4.21 Å². The Morgan fingerprint density at radius 3 is 2.69 bits per heavy atom. The van der Waals surface area contributed by atoms with Gasteiger partial charge >= 0.3 is 0 Å². The minimum Gasteiger partial charge on any atom is -0.490 e. The van der Waals surface area contributed by atoms with Gasteiger partial charge in [-0.3, -0.25) is 14.3 Å². The molecule has 0 saturated heterocycles. The Bertz CT molecular complexity index is 1750. The van der Waals surface area contributed by atoms with Gasteiger partial charge in [0, 0.05) is 36.6 Å². The van der Waals surface area contributed by atoms with Crippen molar-refractivity contribution in [3.63, 3.8) is 0 Å². The highest BCUT2D eigenvalue weighted by atomic mass is 35.5. The Morgan fingerprint density at radius 2 is 1.96 bits per heavy atom. The highest BCUT2D eigenvalue weighted by Gasteiger charge is 2.45. The summed E-state index contributed by atoms with van der Waals surface area (Å²) in [5, 5.41) is 0.736. The molecule has 7 rings (SSSR count). The summed E-state index contributed by atoms with van der Waals surface area (Å²) in [7, 11) is -1.98. The second kappa shape index (κ2) is 13.1. The van der Waals surface area contributed by atoms with Crippen LogP contribution in [0.1, 0.15) is 69.9 Å². The number of halogens is 1. The Morgan fingerprint density at radius 1 is 1.12 bits per heavy atom. The minimum atomic E-state index is -3.72. The first kappa shape index (κ1) is 33.6. The first-order valence-corrected chi connectivity index (χ1v) is 19.2. The van der Waals surface area contributed by atoms with Crippen molar-refractivity contribution < 1.29 is 28.0 Å². The number of hydrogen-bond donors (Lipinski definition) is 1. The molecule has 2 bridgehead atoms. The summed E-state index contributed by atoms with van der Waals surface area (Å²) < 4.78 is 40.5. The SMILES string of the molecule is CO[C@H]1C=CCOC(C)(C)C(=O)N=[S@@](=O)(NC(=O)C2CCC2)c2ccc3c(c2)N(C[C@@H]2CC[C@H]21)C[C@@]1(CCCc2cc(Cl)ccc21)CO3. The molecule has 5 atom stereocenters. The number of carbonyl (C=O) groups is 2. The van der Waals surface area contributed by atoms with E-state index < -0.39 is 21.4 Å². The number of anilines is 1. The molecule has 1 N–H and O–H groups in total. The molecule has 5 aliphatic rings. The molecule has 2 saturated carbocycles. The molecule has 9 nitrogen and oxygen atoms in total.